The first kappa shape index (κ1) is 32.5. The number of pyridine rings is 1. The molecule has 0 aliphatic carbocycles. The fraction of sp³-hybridized carbons (Fsp3) is 0.222. The molecule has 2 aliphatic heterocycles. The summed E-state index contributed by atoms with van der Waals surface area (Å²) in [6.45, 7) is -0.612. The standard InChI is InChI=1S/C36H29F3N6O5/c37-36(38,39)27-14-20(16-41-31(47)19-44-28-6-2-1-4-25(28)26-5-3-13-40-32(26)44)7-8-22(27)17-42-33(48)21-9-10-24-23(15-21)18-45(35(24)50)29-11-12-30(46)43-34(29)49/h1-10,13-15,29H,11-12,16-19H2,(H,41,47)(H,42,48)(H,43,46,49). The molecule has 11 nitrogen and oxygen atoms in total. The number of rotatable bonds is 8. The first-order valence-electron chi connectivity index (χ1n) is 15.8. The van der Waals surface area contributed by atoms with E-state index >= 15 is 0 Å². The van der Waals surface area contributed by atoms with Gasteiger partial charge in [-0.05, 0) is 65.6 Å². The number of benzene rings is 3. The van der Waals surface area contributed by atoms with Crippen LogP contribution >= 0.6 is 0 Å². The highest BCUT2D eigenvalue weighted by molar-refractivity contribution is 6.07. The Labute approximate surface area is 282 Å². The van der Waals surface area contributed by atoms with Gasteiger partial charge in [0.25, 0.3) is 11.8 Å². The van der Waals surface area contributed by atoms with Gasteiger partial charge in [-0.1, -0.05) is 30.3 Å². The quantitative estimate of drug-likeness (QED) is 0.210. The first-order chi connectivity index (χ1) is 24.0. The Bertz CT molecular complexity index is 2180. The molecular weight excluding hydrogens is 653 g/mol. The third-order valence-electron chi connectivity index (χ3n) is 9.02. The minimum absolute atomic E-state index is 0.0489. The Kier molecular flexibility index (Phi) is 8.30. The molecule has 0 saturated carbocycles. The van der Waals surface area contributed by atoms with E-state index in [1.807, 2.05) is 36.4 Å². The van der Waals surface area contributed by atoms with E-state index in [1.165, 1.54) is 35.2 Å². The molecule has 2 aromatic heterocycles. The van der Waals surface area contributed by atoms with E-state index in [-0.39, 0.29) is 49.2 Å². The normalized spacial score (nSPS) is 16.1. The second-order valence-corrected chi connectivity index (χ2v) is 12.2. The third-order valence-corrected chi connectivity index (χ3v) is 9.02. The van der Waals surface area contributed by atoms with Gasteiger partial charge in [0, 0.05) is 54.2 Å². The summed E-state index contributed by atoms with van der Waals surface area (Å²) < 4.78 is 44.2. The molecule has 7 rings (SSSR count). The summed E-state index contributed by atoms with van der Waals surface area (Å²) in [4.78, 5) is 68.5. The highest BCUT2D eigenvalue weighted by Crippen LogP contribution is 2.33. The van der Waals surface area contributed by atoms with Crippen molar-refractivity contribution in [2.45, 2.75) is 51.2 Å². The molecule has 1 unspecified atom stereocenters. The van der Waals surface area contributed by atoms with E-state index in [2.05, 4.69) is 20.9 Å². The fourth-order valence-corrected chi connectivity index (χ4v) is 6.58. The molecule has 2 aliphatic rings. The summed E-state index contributed by atoms with van der Waals surface area (Å²) in [5.41, 5.74) is 1.47. The largest absolute Gasteiger partial charge is 0.416 e. The molecule has 0 spiro atoms. The summed E-state index contributed by atoms with van der Waals surface area (Å²) in [5, 5.41) is 9.27. The maximum absolute atomic E-state index is 14.2. The molecule has 3 N–H and O–H groups in total. The van der Waals surface area contributed by atoms with Crippen molar-refractivity contribution < 1.29 is 37.1 Å². The maximum Gasteiger partial charge on any atom is 0.416 e. The number of imide groups is 1. The summed E-state index contributed by atoms with van der Waals surface area (Å²) in [6.07, 6.45) is -2.82. The van der Waals surface area contributed by atoms with Crippen molar-refractivity contribution in [1.29, 1.82) is 0 Å². The van der Waals surface area contributed by atoms with Gasteiger partial charge in [-0.2, -0.15) is 13.2 Å². The molecule has 1 atom stereocenters. The molecule has 254 valence electrons. The van der Waals surface area contributed by atoms with Crippen molar-refractivity contribution in [2.75, 3.05) is 0 Å². The molecule has 0 radical (unpaired) electrons. The van der Waals surface area contributed by atoms with Crippen molar-refractivity contribution in [2.24, 2.45) is 0 Å². The van der Waals surface area contributed by atoms with Gasteiger partial charge in [-0.15, -0.1) is 0 Å². The van der Waals surface area contributed by atoms with Gasteiger partial charge < -0.3 is 20.1 Å². The number of fused-ring (bicyclic) bond motifs is 4. The van der Waals surface area contributed by atoms with E-state index in [0.29, 0.717) is 16.8 Å². The minimum atomic E-state index is -4.73. The number of para-hydroxylation sites is 1. The van der Waals surface area contributed by atoms with Crippen LogP contribution in [0.1, 0.15) is 55.8 Å². The lowest BCUT2D eigenvalue weighted by Crippen LogP contribution is -2.52. The lowest BCUT2D eigenvalue weighted by Gasteiger charge is -2.29. The number of halogens is 3. The molecule has 5 aromatic rings. The second kappa shape index (κ2) is 12.8. The van der Waals surface area contributed by atoms with Gasteiger partial charge in [0.2, 0.25) is 17.7 Å². The summed E-state index contributed by atoms with van der Waals surface area (Å²) in [5.74, 6) is -2.43. The molecule has 1 fully saturated rings. The molecular formula is C36H29F3N6O5. The van der Waals surface area contributed by atoms with E-state index in [4.69, 9.17) is 0 Å². The molecule has 3 aromatic carbocycles. The Balaban J connectivity index is 1.00. The van der Waals surface area contributed by atoms with Gasteiger partial charge >= 0.3 is 6.18 Å². The fourth-order valence-electron chi connectivity index (χ4n) is 6.58. The Morgan fingerprint density at radius 3 is 2.52 bits per heavy atom. The van der Waals surface area contributed by atoms with Crippen molar-refractivity contribution in [3.05, 3.63) is 112 Å². The smallest absolute Gasteiger partial charge is 0.350 e. The number of hydrogen-bond donors (Lipinski definition) is 3. The van der Waals surface area contributed by atoms with Gasteiger partial charge in [0.1, 0.15) is 18.2 Å². The number of hydrogen-bond acceptors (Lipinski definition) is 6. The molecule has 0 bridgehead atoms. The van der Waals surface area contributed by atoms with Crippen LogP contribution in [0.3, 0.4) is 0 Å². The predicted octanol–water partition coefficient (Wildman–Crippen LogP) is 4.22. The lowest BCUT2D eigenvalue weighted by atomic mass is 10.0. The van der Waals surface area contributed by atoms with Crippen LogP contribution in [0.15, 0.2) is 79.0 Å². The SMILES string of the molecule is O=C(Cn1c2ccccc2c2cccnc21)NCc1ccc(CNC(=O)c2ccc3c(c2)CN(C2CCC(=O)NC2=O)C3=O)c(C(F)(F)F)c1. The van der Waals surface area contributed by atoms with Crippen LogP contribution in [-0.4, -0.2) is 50.0 Å². The number of nitrogens with one attached hydrogen (secondary N) is 3. The average Bonchev–Trinajstić information content (AvgIpc) is 3.59. The van der Waals surface area contributed by atoms with Gasteiger partial charge in [-0.3, -0.25) is 29.3 Å². The van der Waals surface area contributed by atoms with Crippen LogP contribution < -0.4 is 16.0 Å². The van der Waals surface area contributed by atoms with E-state index in [9.17, 15) is 37.1 Å². The second-order valence-electron chi connectivity index (χ2n) is 12.2. The Morgan fingerprint density at radius 1 is 0.920 bits per heavy atom. The number of aromatic nitrogens is 2. The number of amides is 5. The van der Waals surface area contributed by atoms with Crippen molar-refractivity contribution in [3.63, 3.8) is 0 Å². The molecule has 5 amide bonds. The lowest BCUT2D eigenvalue weighted by molar-refractivity contribution is -0.138. The van der Waals surface area contributed by atoms with E-state index < -0.39 is 53.9 Å². The van der Waals surface area contributed by atoms with Crippen LogP contribution in [-0.2, 0) is 46.7 Å². The predicted molar refractivity (Wildman–Crippen MR) is 174 cm³/mol. The Morgan fingerprint density at radius 2 is 1.72 bits per heavy atom. The number of alkyl halides is 3. The van der Waals surface area contributed by atoms with Crippen LogP contribution in [0.4, 0.5) is 13.2 Å². The zero-order chi connectivity index (χ0) is 35.2. The van der Waals surface area contributed by atoms with Crippen LogP contribution in [0.2, 0.25) is 0 Å². The zero-order valence-electron chi connectivity index (χ0n) is 26.3. The third kappa shape index (κ3) is 6.15. The Hall–Kier alpha value is -6.05. The summed E-state index contributed by atoms with van der Waals surface area (Å²) in [6, 6.07) is 18.4. The molecule has 14 heteroatoms. The number of nitrogens with zero attached hydrogens (tertiary/aromatic N) is 3. The van der Waals surface area contributed by atoms with Crippen LogP contribution in [0.25, 0.3) is 21.9 Å². The van der Waals surface area contributed by atoms with Gasteiger partial charge in [0.05, 0.1) is 11.1 Å². The van der Waals surface area contributed by atoms with Gasteiger partial charge in [-0.25, -0.2) is 4.98 Å². The number of carbonyl (C=O) groups is 5. The molecule has 50 heavy (non-hydrogen) atoms. The van der Waals surface area contributed by atoms with Crippen LogP contribution in [0.5, 0.6) is 0 Å². The minimum Gasteiger partial charge on any atom is -0.350 e. The van der Waals surface area contributed by atoms with Crippen molar-refractivity contribution in [1.82, 2.24) is 30.4 Å². The zero-order valence-corrected chi connectivity index (χ0v) is 26.3. The topological polar surface area (TPSA) is 142 Å². The average molecular weight is 683 g/mol. The molecule has 1 saturated heterocycles. The first-order valence-corrected chi connectivity index (χ1v) is 15.8. The summed E-state index contributed by atoms with van der Waals surface area (Å²) >= 11 is 0. The van der Waals surface area contributed by atoms with Crippen LogP contribution in [0, 0.1) is 0 Å². The highest BCUT2D eigenvalue weighted by Gasteiger charge is 2.39. The van der Waals surface area contributed by atoms with E-state index in [1.54, 1.807) is 10.8 Å². The van der Waals surface area contributed by atoms with Crippen molar-refractivity contribution in [3.8, 4) is 0 Å². The summed E-state index contributed by atoms with van der Waals surface area (Å²) in [7, 11) is 0. The number of carbonyl (C=O) groups excluding carboxylic acids is 5. The van der Waals surface area contributed by atoms with Gasteiger partial charge in [0.15, 0.2) is 0 Å². The maximum atomic E-state index is 14.2. The van der Waals surface area contributed by atoms with Crippen molar-refractivity contribution >= 4 is 51.5 Å². The molecule has 4 heterocycles. The van der Waals surface area contributed by atoms with E-state index in [0.717, 1.165) is 22.4 Å². The number of piperidine rings is 1. The monoisotopic (exact) mass is 682 g/mol. The highest BCUT2D eigenvalue weighted by atomic mass is 19.4.